The van der Waals surface area contributed by atoms with Crippen LogP contribution in [0.1, 0.15) is 37.7 Å². The third-order valence-electron chi connectivity index (χ3n) is 7.35. The number of alkyl halides is 2. The molecule has 208 valence electrons. The fourth-order valence-corrected chi connectivity index (χ4v) is 6.64. The zero-order valence-electron chi connectivity index (χ0n) is 21.2. The van der Waals surface area contributed by atoms with E-state index in [-0.39, 0.29) is 30.1 Å². The molecule has 2 fully saturated rings. The first kappa shape index (κ1) is 27.9. The van der Waals surface area contributed by atoms with E-state index in [4.69, 9.17) is 10.5 Å². The summed E-state index contributed by atoms with van der Waals surface area (Å²) < 4.78 is 67.2. The van der Waals surface area contributed by atoms with Gasteiger partial charge in [0.15, 0.2) is 6.04 Å². The van der Waals surface area contributed by atoms with Gasteiger partial charge in [0.05, 0.1) is 11.0 Å². The number of sulfonamides is 1. The van der Waals surface area contributed by atoms with Gasteiger partial charge in [0.2, 0.25) is 15.9 Å². The Morgan fingerprint density at radius 3 is 2.36 bits per heavy atom. The highest BCUT2D eigenvalue weighted by Crippen LogP contribution is 2.35. The van der Waals surface area contributed by atoms with Crippen molar-refractivity contribution < 1.29 is 26.7 Å². The molecule has 0 unspecified atom stereocenters. The van der Waals surface area contributed by atoms with Gasteiger partial charge in [0, 0.05) is 29.2 Å². The predicted molar refractivity (Wildman–Crippen MR) is 148 cm³/mol. The summed E-state index contributed by atoms with van der Waals surface area (Å²) in [5.74, 6) is -4.15. The second-order valence-corrected chi connectivity index (χ2v) is 12.8. The van der Waals surface area contributed by atoms with Gasteiger partial charge in [-0.25, -0.2) is 8.42 Å². The Kier molecular flexibility index (Phi) is 7.96. The van der Waals surface area contributed by atoms with E-state index in [0.29, 0.717) is 22.0 Å². The number of halogens is 3. The molecule has 7 nitrogen and oxygen atoms in total. The van der Waals surface area contributed by atoms with E-state index in [2.05, 4.69) is 15.9 Å². The molecule has 2 atom stereocenters. The zero-order chi connectivity index (χ0) is 27.8. The minimum absolute atomic E-state index is 0.0781. The van der Waals surface area contributed by atoms with Gasteiger partial charge < -0.3 is 15.4 Å². The Morgan fingerprint density at radius 2 is 1.69 bits per heavy atom. The number of fused-ring (bicyclic) bond motifs is 1. The maximum absolute atomic E-state index is 15.8. The molecule has 11 heteroatoms. The number of rotatable bonds is 8. The monoisotopic (exact) mass is 621 g/mol. The van der Waals surface area contributed by atoms with Crippen LogP contribution in [0.4, 0.5) is 8.78 Å². The van der Waals surface area contributed by atoms with Crippen molar-refractivity contribution in [2.75, 3.05) is 13.1 Å². The quantitative estimate of drug-likeness (QED) is 0.372. The number of nitrogens with one attached hydrogen (secondary N) is 1. The normalized spacial score (nSPS) is 19.5. The van der Waals surface area contributed by atoms with Crippen LogP contribution in [0, 0.1) is 0 Å². The highest BCUT2D eigenvalue weighted by atomic mass is 79.9. The summed E-state index contributed by atoms with van der Waals surface area (Å²) in [4.78, 5) is 14.3. The van der Waals surface area contributed by atoms with E-state index in [1.807, 2.05) is 10.8 Å². The molecule has 2 aliphatic rings. The van der Waals surface area contributed by atoms with E-state index in [9.17, 15) is 13.2 Å². The molecular weight excluding hydrogens is 592 g/mol. The summed E-state index contributed by atoms with van der Waals surface area (Å²) in [7, 11) is -4.52. The summed E-state index contributed by atoms with van der Waals surface area (Å²) in [6.45, 7) is 0.255. The van der Waals surface area contributed by atoms with Gasteiger partial charge in [-0.3, -0.25) is 4.79 Å². The van der Waals surface area contributed by atoms with E-state index in [1.165, 1.54) is 29.2 Å². The molecule has 0 radical (unpaired) electrons. The summed E-state index contributed by atoms with van der Waals surface area (Å²) in [5.41, 5.74) is 5.41. The van der Waals surface area contributed by atoms with Gasteiger partial charge in [-0.2, -0.15) is 13.5 Å². The van der Waals surface area contributed by atoms with E-state index in [1.54, 1.807) is 18.2 Å². The molecule has 39 heavy (non-hydrogen) atoms. The van der Waals surface area contributed by atoms with Crippen molar-refractivity contribution in [3.8, 4) is 5.75 Å². The van der Waals surface area contributed by atoms with Crippen molar-refractivity contribution in [3.63, 3.8) is 0 Å². The van der Waals surface area contributed by atoms with Gasteiger partial charge in [0.25, 0.3) is 5.92 Å². The highest BCUT2D eigenvalue weighted by molar-refractivity contribution is 9.10. The molecule has 1 saturated carbocycles. The first-order chi connectivity index (χ1) is 18.5. The number of ether oxygens (including phenoxy) is 1. The van der Waals surface area contributed by atoms with Crippen LogP contribution >= 0.6 is 15.9 Å². The number of carbonyl (C=O) groups is 1. The lowest BCUT2D eigenvalue weighted by molar-refractivity contribution is -0.143. The summed E-state index contributed by atoms with van der Waals surface area (Å²) >= 11 is 3.21. The van der Waals surface area contributed by atoms with E-state index in [0.717, 1.165) is 43.2 Å². The second kappa shape index (κ2) is 11.1. The number of nitrogens with zero attached hydrogens (tertiary/aromatic N) is 1. The second-order valence-electron chi connectivity index (χ2n) is 10.2. The lowest BCUT2D eigenvalue weighted by Crippen LogP contribution is -2.56. The van der Waals surface area contributed by atoms with Crippen molar-refractivity contribution in [3.05, 3.63) is 70.7 Å². The maximum atomic E-state index is 15.8. The zero-order valence-corrected chi connectivity index (χ0v) is 23.6. The number of hydrogen-bond donors (Lipinski definition) is 2. The molecule has 1 amide bonds. The van der Waals surface area contributed by atoms with Crippen molar-refractivity contribution >= 4 is 42.6 Å². The number of nitrogens with two attached hydrogens (primary N) is 1. The Hall–Kier alpha value is -2.60. The van der Waals surface area contributed by atoms with Crippen LogP contribution in [0.2, 0.25) is 0 Å². The molecule has 1 heterocycles. The lowest BCUT2D eigenvalue weighted by atomic mass is 10.0. The average Bonchev–Trinajstić information content (AvgIpc) is 3.58. The van der Waals surface area contributed by atoms with Crippen LogP contribution in [0.3, 0.4) is 0 Å². The third-order valence-corrected chi connectivity index (χ3v) is 9.30. The Morgan fingerprint density at radius 1 is 1.03 bits per heavy atom. The molecule has 0 bridgehead atoms. The molecule has 3 aromatic rings. The van der Waals surface area contributed by atoms with Gasteiger partial charge in [0.1, 0.15) is 5.75 Å². The maximum Gasteiger partial charge on any atom is 0.298 e. The molecule has 0 spiro atoms. The minimum Gasteiger partial charge on any atom is -0.490 e. The van der Waals surface area contributed by atoms with Crippen LogP contribution in [0.5, 0.6) is 5.75 Å². The number of amides is 1. The SMILES string of the molecule is N[C@@H]1CCN(C(=O)[C@@H](NS(=O)(=O)c2ccc3cc(OC4CCCC4)ccc3c2)C(F)(F)c2ccc(Br)cc2)C1. The van der Waals surface area contributed by atoms with Crippen LogP contribution in [0.15, 0.2) is 70.0 Å². The van der Waals surface area contributed by atoms with Crippen LogP contribution < -0.4 is 15.2 Å². The summed E-state index contributed by atoms with van der Waals surface area (Å²) in [6, 6.07) is 12.2. The number of likely N-dealkylation sites (tertiary alicyclic amines) is 1. The molecule has 0 aromatic heterocycles. The number of benzene rings is 3. The topological polar surface area (TPSA) is 102 Å². The van der Waals surface area contributed by atoms with Gasteiger partial charge in [-0.1, -0.05) is 40.2 Å². The van der Waals surface area contributed by atoms with E-state index < -0.39 is 33.5 Å². The standard InChI is InChI=1S/C28H30BrF2N3O4S/c29-21-9-7-20(8-10-21)28(30,31)26(27(35)34-14-13-22(32)17-34)33-39(36,37)25-12-6-18-15-24(11-5-19(18)16-25)38-23-3-1-2-4-23/h5-12,15-16,22-23,26,33H,1-4,13-14,17,32H2/t22-,26-/m1/s1. The average molecular weight is 623 g/mol. The van der Waals surface area contributed by atoms with E-state index >= 15 is 8.78 Å². The molecule has 1 aliphatic heterocycles. The molecule has 1 aliphatic carbocycles. The van der Waals surface area contributed by atoms with Gasteiger partial charge >= 0.3 is 0 Å². The third kappa shape index (κ3) is 6.11. The molecule has 3 N–H and O–H groups in total. The van der Waals surface area contributed by atoms with Crippen molar-refractivity contribution in [1.82, 2.24) is 9.62 Å². The molecular formula is C28H30BrF2N3O4S. The number of carbonyl (C=O) groups excluding carboxylic acids is 1. The molecule has 1 saturated heterocycles. The van der Waals surface area contributed by atoms with Crippen molar-refractivity contribution in [2.45, 2.75) is 61.1 Å². The van der Waals surface area contributed by atoms with Crippen LogP contribution in [-0.4, -0.2) is 50.5 Å². The lowest BCUT2D eigenvalue weighted by Gasteiger charge is -2.30. The first-order valence-electron chi connectivity index (χ1n) is 12.9. The predicted octanol–water partition coefficient (Wildman–Crippen LogP) is 4.92. The summed E-state index contributed by atoms with van der Waals surface area (Å²) in [5, 5.41) is 1.35. The highest BCUT2D eigenvalue weighted by Gasteiger charge is 2.50. The Balaban J connectivity index is 1.44. The van der Waals surface area contributed by atoms with Gasteiger partial charge in [-0.15, -0.1) is 0 Å². The Labute approximate surface area is 234 Å². The van der Waals surface area contributed by atoms with Crippen LogP contribution in [-0.2, 0) is 20.7 Å². The molecule has 3 aromatic carbocycles. The Bertz CT molecular complexity index is 1460. The minimum atomic E-state index is -4.52. The fourth-order valence-electron chi connectivity index (χ4n) is 5.15. The summed E-state index contributed by atoms with van der Waals surface area (Å²) in [6.07, 6.45) is 4.93. The molecule has 5 rings (SSSR count). The van der Waals surface area contributed by atoms with Crippen molar-refractivity contribution in [2.24, 2.45) is 5.73 Å². The van der Waals surface area contributed by atoms with Crippen LogP contribution in [0.25, 0.3) is 10.8 Å². The number of hydrogen-bond acceptors (Lipinski definition) is 5. The van der Waals surface area contributed by atoms with Crippen molar-refractivity contribution in [1.29, 1.82) is 0 Å². The largest absolute Gasteiger partial charge is 0.490 e. The first-order valence-corrected chi connectivity index (χ1v) is 15.2. The fraction of sp³-hybridized carbons (Fsp3) is 0.393. The smallest absolute Gasteiger partial charge is 0.298 e. The van der Waals surface area contributed by atoms with Gasteiger partial charge in [-0.05, 0) is 79.3 Å².